The number of Topliss-reactive ketones (excluding diaryl/α,β-unsaturated/α-hetero) is 1. The lowest BCUT2D eigenvalue weighted by molar-refractivity contribution is -0.235. The van der Waals surface area contributed by atoms with Gasteiger partial charge in [-0.3, -0.25) is 19.2 Å². The molecular formula is C35H51F2NO10. The largest absolute Gasteiger partial charge is 0.464 e. The molecule has 12 unspecified atom stereocenters. The zero-order valence-corrected chi connectivity index (χ0v) is 28.5. The first-order valence-corrected chi connectivity index (χ1v) is 17.0. The van der Waals surface area contributed by atoms with Gasteiger partial charge < -0.3 is 35.3 Å². The Morgan fingerprint density at radius 2 is 1.73 bits per heavy atom. The molecule has 3 fully saturated rings. The summed E-state index contributed by atoms with van der Waals surface area (Å²) in [6.07, 6.45) is -2.42. The Kier molecular flexibility index (Phi) is 11.3. The van der Waals surface area contributed by atoms with Crippen molar-refractivity contribution in [3.63, 3.8) is 0 Å². The van der Waals surface area contributed by atoms with E-state index < -0.39 is 114 Å². The molecule has 0 aromatic heterocycles. The van der Waals surface area contributed by atoms with Gasteiger partial charge in [0.25, 0.3) is 0 Å². The van der Waals surface area contributed by atoms with Crippen LogP contribution in [0.25, 0.3) is 0 Å². The number of fused-ring (bicyclic) bond motifs is 5. The molecule has 3 saturated carbocycles. The average molecular weight is 684 g/mol. The van der Waals surface area contributed by atoms with Crippen LogP contribution in [0, 0.1) is 28.6 Å². The van der Waals surface area contributed by atoms with E-state index in [1.54, 1.807) is 0 Å². The summed E-state index contributed by atoms with van der Waals surface area (Å²) in [6, 6.07) is -1.36. The van der Waals surface area contributed by atoms with Gasteiger partial charge in [-0.05, 0) is 56.1 Å². The van der Waals surface area contributed by atoms with Crippen LogP contribution < -0.4 is 5.73 Å². The third kappa shape index (κ3) is 6.24. The highest BCUT2D eigenvalue weighted by Crippen LogP contribution is 2.70. The van der Waals surface area contributed by atoms with Gasteiger partial charge in [0.1, 0.15) is 18.3 Å². The van der Waals surface area contributed by atoms with Crippen LogP contribution in [0.4, 0.5) is 8.78 Å². The maximum Gasteiger partial charge on any atom is 0.323 e. The highest BCUT2D eigenvalue weighted by molar-refractivity contribution is 5.94. The number of carbonyl (C=O) groups excluding carboxylic acids is 4. The number of hydrogen-bond acceptors (Lipinski definition) is 11. The minimum Gasteiger partial charge on any atom is -0.464 e. The number of aliphatic hydroxyl groups is 3. The van der Waals surface area contributed by atoms with E-state index in [1.807, 2.05) is 20.8 Å². The molecule has 13 heteroatoms. The van der Waals surface area contributed by atoms with Crippen LogP contribution in [0.2, 0.25) is 0 Å². The number of ketones is 1. The van der Waals surface area contributed by atoms with Crippen LogP contribution in [0.5, 0.6) is 0 Å². The number of hydrogen-bond donors (Lipinski definition) is 4. The monoisotopic (exact) mass is 683 g/mol. The molecule has 0 amide bonds. The summed E-state index contributed by atoms with van der Waals surface area (Å²) in [6.45, 7) is 7.75. The second-order valence-electron chi connectivity index (χ2n) is 14.6. The topological polar surface area (TPSA) is 183 Å². The molecule has 0 spiro atoms. The molecule has 4 aliphatic carbocycles. The van der Waals surface area contributed by atoms with Gasteiger partial charge in [0.2, 0.25) is 11.4 Å². The summed E-state index contributed by atoms with van der Waals surface area (Å²) in [4.78, 5) is 52.3. The minimum absolute atomic E-state index is 0.0136. The minimum atomic E-state index is -2.46. The first kappa shape index (κ1) is 38.1. The van der Waals surface area contributed by atoms with Crippen molar-refractivity contribution in [3.8, 4) is 0 Å². The Balaban J connectivity index is 1.63. The maximum absolute atomic E-state index is 17.6. The molecule has 11 nitrogen and oxygen atoms in total. The molecule has 5 N–H and O–H groups in total. The lowest BCUT2D eigenvalue weighted by Gasteiger charge is -2.63. The van der Waals surface area contributed by atoms with Crippen LogP contribution in [-0.2, 0) is 33.4 Å². The molecule has 0 bridgehead atoms. The van der Waals surface area contributed by atoms with Crippen molar-refractivity contribution in [1.29, 1.82) is 0 Å². The first-order chi connectivity index (χ1) is 22.4. The van der Waals surface area contributed by atoms with Gasteiger partial charge in [0.15, 0.2) is 12.3 Å². The molecule has 0 saturated heterocycles. The predicted molar refractivity (Wildman–Crippen MR) is 168 cm³/mol. The molecule has 48 heavy (non-hydrogen) atoms. The lowest BCUT2D eigenvalue weighted by Crippen LogP contribution is -2.71. The Bertz CT molecular complexity index is 1320. The normalized spacial score (nSPS) is 39.6. The Morgan fingerprint density at radius 3 is 2.38 bits per heavy atom. The smallest absolute Gasteiger partial charge is 0.323 e. The van der Waals surface area contributed by atoms with Crippen molar-refractivity contribution in [3.05, 3.63) is 23.8 Å². The second-order valence-corrected chi connectivity index (χ2v) is 14.6. The number of allylic oxidation sites excluding steroid dienone is 2. The van der Waals surface area contributed by atoms with Crippen LogP contribution >= 0.6 is 0 Å². The summed E-state index contributed by atoms with van der Waals surface area (Å²) in [5, 5.41) is 33.5. The van der Waals surface area contributed by atoms with Crippen molar-refractivity contribution in [2.45, 2.75) is 128 Å². The highest BCUT2D eigenvalue weighted by Gasteiger charge is 2.78. The number of rotatable bonds is 13. The fraction of sp³-hybridized carbons (Fsp3) is 0.771. The molecule has 0 aromatic carbocycles. The summed E-state index contributed by atoms with van der Waals surface area (Å²) in [7, 11) is 0. The summed E-state index contributed by atoms with van der Waals surface area (Å²) < 4.78 is 49.7. The molecule has 12 atom stereocenters. The lowest BCUT2D eigenvalue weighted by atomic mass is 9.44. The number of aliphatic hydroxyl groups excluding tert-OH is 3. The molecule has 270 valence electrons. The fourth-order valence-electron chi connectivity index (χ4n) is 8.64. The van der Waals surface area contributed by atoms with E-state index >= 15 is 8.78 Å². The average Bonchev–Trinajstić information content (AvgIpc) is 3.25. The Hall–Kier alpha value is -2.74. The van der Waals surface area contributed by atoms with Crippen LogP contribution in [0.1, 0.15) is 86.0 Å². The molecular weight excluding hydrogens is 632 g/mol. The second kappa shape index (κ2) is 14.2. The van der Waals surface area contributed by atoms with Gasteiger partial charge in [-0.25, -0.2) is 8.78 Å². The van der Waals surface area contributed by atoms with Crippen LogP contribution in [0.15, 0.2) is 23.8 Å². The van der Waals surface area contributed by atoms with Gasteiger partial charge in [-0.15, -0.1) is 0 Å². The van der Waals surface area contributed by atoms with Gasteiger partial charge in [0.05, 0.1) is 25.2 Å². The molecule has 0 radical (unpaired) electrons. The molecule has 0 aliphatic heterocycles. The van der Waals surface area contributed by atoms with Crippen LogP contribution in [0.3, 0.4) is 0 Å². The van der Waals surface area contributed by atoms with Crippen molar-refractivity contribution < 1.29 is 57.5 Å². The quantitative estimate of drug-likeness (QED) is 0.127. The summed E-state index contributed by atoms with van der Waals surface area (Å²) >= 11 is 0. The molecule has 4 rings (SSSR count). The standard InChI is InChI=1S/C35H51F2NO10/c1-6-8-9-29(43)48-35(28(42)18-46-30(44)15-25(38)31(45)47-17-19(3)7-2)26(40)14-21-22-13-24(36)23-12-20(39)10-11-32(23,4)34(22,37)27(41)16-33(21,35)5/h10-12,19-22,24-27,39-41H,6-9,13-18,38H2,1-5H3. The number of ether oxygens (including phenoxy) is 3. The SMILES string of the molecule is CCCCC(=O)OC1(C(=O)COC(=O)CC(N)C(=O)OCC(C)CC)C(O)CC2C3CC(F)C4=CC(O)C=CC4(C)C3(F)C(O)CC21C. The van der Waals surface area contributed by atoms with Crippen molar-refractivity contribution >= 4 is 23.7 Å². The van der Waals surface area contributed by atoms with E-state index in [2.05, 4.69) is 0 Å². The third-order valence-electron chi connectivity index (χ3n) is 11.6. The summed E-state index contributed by atoms with van der Waals surface area (Å²) in [5.41, 5.74) is -2.24. The zero-order chi connectivity index (χ0) is 35.8. The fourth-order valence-corrected chi connectivity index (χ4v) is 8.64. The van der Waals surface area contributed by atoms with Crippen molar-refractivity contribution in [2.24, 2.45) is 34.3 Å². The summed E-state index contributed by atoms with van der Waals surface area (Å²) in [5.74, 6) is -5.75. The highest BCUT2D eigenvalue weighted by atomic mass is 19.1. The Morgan fingerprint density at radius 1 is 1.04 bits per heavy atom. The number of esters is 3. The van der Waals surface area contributed by atoms with E-state index in [1.165, 1.54) is 32.1 Å². The van der Waals surface area contributed by atoms with Gasteiger partial charge in [0, 0.05) is 23.2 Å². The van der Waals surface area contributed by atoms with E-state index in [0.29, 0.717) is 12.8 Å². The van der Waals surface area contributed by atoms with E-state index in [4.69, 9.17) is 19.9 Å². The molecule has 4 aliphatic rings. The predicted octanol–water partition coefficient (Wildman–Crippen LogP) is 2.96. The number of alkyl halides is 2. The number of unbranched alkanes of at least 4 members (excludes halogenated alkanes) is 1. The molecule has 0 aromatic rings. The van der Waals surface area contributed by atoms with E-state index in [0.717, 1.165) is 6.42 Å². The van der Waals surface area contributed by atoms with E-state index in [9.17, 15) is 34.5 Å². The van der Waals surface area contributed by atoms with Gasteiger partial charge in [-0.2, -0.15) is 0 Å². The van der Waals surface area contributed by atoms with Crippen molar-refractivity contribution in [1.82, 2.24) is 0 Å². The van der Waals surface area contributed by atoms with Gasteiger partial charge in [-0.1, -0.05) is 52.7 Å². The number of carbonyl (C=O) groups is 4. The molecule has 0 heterocycles. The zero-order valence-electron chi connectivity index (χ0n) is 28.5. The maximum atomic E-state index is 17.6. The van der Waals surface area contributed by atoms with Crippen molar-refractivity contribution in [2.75, 3.05) is 13.2 Å². The number of nitrogens with two attached hydrogens (primary N) is 1. The number of halogens is 2. The first-order valence-electron chi connectivity index (χ1n) is 17.0. The van der Waals surface area contributed by atoms with Crippen LogP contribution in [-0.4, -0.2) is 94.0 Å². The van der Waals surface area contributed by atoms with E-state index in [-0.39, 0.29) is 30.9 Å². The third-order valence-corrected chi connectivity index (χ3v) is 11.6. The Labute approximate surface area is 280 Å². The van der Waals surface area contributed by atoms with Gasteiger partial charge >= 0.3 is 17.9 Å².